The van der Waals surface area contributed by atoms with Crippen LogP contribution in [0, 0.1) is 0 Å². The second kappa shape index (κ2) is 6.90. The summed E-state index contributed by atoms with van der Waals surface area (Å²) in [5, 5.41) is 3.64. The molecule has 1 saturated carbocycles. The van der Waals surface area contributed by atoms with Gasteiger partial charge in [0.25, 0.3) is 0 Å². The molecule has 5 heteroatoms. The highest BCUT2D eigenvalue weighted by Crippen LogP contribution is 2.44. The first-order valence-electron chi connectivity index (χ1n) is 6.83. The molecule has 0 radical (unpaired) electrons. The summed E-state index contributed by atoms with van der Waals surface area (Å²) in [6.45, 7) is 3.22. The van der Waals surface area contributed by atoms with Crippen LogP contribution in [-0.4, -0.2) is 19.3 Å². The van der Waals surface area contributed by atoms with E-state index in [0.29, 0.717) is 6.04 Å². The maximum atomic E-state index is 6.17. The third-order valence-electron chi connectivity index (χ3n) is 3.92. The molecule has 1 aromatic heterocycles. The lowest BCUT2D eigenvalue weighted by molar-refractivity contribution is -0.0836. The van der Waals surface area contributed by atoms with Gasteiger partial charge in [0.05, 0.1) is 5.60 Å². The number of halogens is 2. The first kappa shape index (κ1) is 15.8. The molecule has 1 fully saturated rings. The minimum atomic E-state index is 0.0777. The van der Waals surface area contributed by atoms with Crippen molar-refractivity contribution in [2.45, 2.75) is 50.7 Å². The lowest BCUT2D eigenvalue weighted by Crippen LogP contribution is -2.42. The number of thiophene rings is 1. The third kappa shape index (κ3) is 3.73. The minimum Gasteiger partial charge on any atom is -0.378 e. The summed E-state index contributed by atoms with van der Waals surface area (Å²) < 4.78 is 7.59. The molecule has 1 heterocycles. The van der Waals surface area contributed by atoms with E-state index in [1.165, 1.54) is 24.1 Å². The van der Waals surface area contributed by atoms with E-state index in [2.05, 4.69) is 34.2 Å². The van der Waals surface area contributed by atoms with Gasteiger partial charge in [-0.15, -0.1) is 11.3 Å². The monoisotopic (exact) mass is 365 g/mol. The summed E-state index contributed by atoms with van der Waals surface area (Å²) in [5.74, 6) is 0. The second-order valence-electron chi connectivity index (χ2n) is 5.22. The summed E-state index contributed by atoms with van der Waals surface area (Å²) in [6, 6.07) is 2.48. The fourth-order valence-corrected chi connectivity index (χ4v) is 4.37. The van der Waals surface area contributed by atoms with Gasteiger partial charge in [0, 0.05) is 22.5 Å². The summed E-state index contributed by atoms with van der Waals surface area (Å²) in [6.07, 6.45) is 5.80. The SMILES string of the molecule is CCCNC(CC1(OC)CCC1)c1cc(Br)c(Cl)s1. The van der Waals surface area contributed by atoms with Crippen molar-refractivity contribution in [3.63, 3.8) is 0 Å². The van der Waals surface area contributed by atoms with Crippen molar-refractivity contribution in [1.29, 1.82) is 0 Å². The molecule has 1 N–H and O–H groups in total. The Labute approximate surface area is 133 Å². The van der Waals surface area contributed by atoms with Crippen LogP contribution in [0.4, 0.5) is 0 Å². The van der Waals surface area contributed by atoms with Gasteiger partial charge in [0.1, 0.15) is 4.34 Å². The van der Waals surface area contributed by atoms with E-state index < -0.39 is 0 Å². The van der Waals surface area contributed by atoms with E-state index in [4.69, 9.17) is 16.3 Å². The Hall–Kier alpha value is 0.390. The van der Waals surface area contributed by atoms with E-state index in [-0.39, 0.29) is 5.60 Å². The standard InChI is InChI=1S/C14H21BrClNOS/c1-3-7-17-11(9-14(18-2)5-4-6-14)12-8-10(15)13(16)19-12/h8,11,17H,3-7,9H2,1-2H3. The largest absolute Gasteiger partial charge is 0.378 e. The maximum absolute atomic E-state index is 6.17. The van der Waals surface area contributed by atoms with Crippen LogP contribution in [0.25, 0.3) is 0 Å². The van der Waals surface area contributed by atoms with Crippen molar-refractivity contribution in [3.8, 4) is 0 Å². The van der Waals surface area contributed by atoms with Crippen molar-refractivity contribution in [3.05, 3.63) is 19.8 Å². The molecule has 1 unspecified atom stereocenters. The van der Waals surface area contributed by atoms with Gasteiger partial charge >= 0.3 is 0 Å². The highest BCUT2D eigenvalue weighted by atomic mass is 79.9. The summed E-state index contributed by atoms with van der Waals surface area (Å²) >= 11 is 11.3. The van der Waals surface area contributed by atoms with Crippen molar-refractivity contribution in [2.24, 2.45) is 0 Å². The first-order chi connectivity index (χ1) is 9.10. The fourth-order valence-electron chi connectivity index (χ4n) is 2.56. The fraction of sp³-hybridized carbons (Fsp3) is 0.714. The summed E-state index contributed by atoms with van der Waals surface area (Å²) in [4.78, 5) is 1.30. The number of rotatable bonds is 7. The zero-order valence-electron chi connectivity index (χ0n) is 11.5. The number of methoxy groups -OCH3 is 1. The Morgan fingerprint density at radius 2 is 2.32 bits per heavy atom. The summed E-state index contributed by atoms with van der Waals surface area (Å²) in [7, 11) is 1.84. The molecule has 0 spiro atoms. The van der Waals surface area contributed by atoms with Crippen LogP contribution in [0.1, 0.15) is 49.9 Å². The average Bonchev–Trinajstić information content (AvgIpc) is 2.68. The van der Waals surface area contributed by atoms with E-state index in [0.717, 1.165) is 28.2 Å². The lowest BCUT2D eigenvalue weighted by Gasteiger charge is -2.42. The molecule has 1 aliphatic rings. The molecule has 0 bridgehead atoms. The highest BCUT2D eigenvalue weighted by molar-refractivity contribution is 9.10. The quantitative estimate of drug-likeness (QED) is 0.719. The molecule has 0 saturated heterocycles. The normalized spacial score (nSPS) is 19.2. The highest BCUT2D eigenvalue weighted by Gasteiger charge is 2.39. The first-order valence-corrected chi connectivity index (χ1v) is 8.82. The molecule has 1 aromatic rings. The predicted molar refractivity (Wildman–Crippen MR) is 86.3 cm³/mol. The van der Waals surface area contributed by atoms with Gasteiger partial charge in [-0.2, -0.15) is 0 Å². The van der Waals surface area contributed by atoms with Crippen LogP contribution in [0.3, 0.4) is 0 Å². The molecule has 0 aromatic carbocycles. The van der Waals surface area contributed by atoms with Gasteiger partial charge in [0.2, 0.25) is 0 Å². The molecular weight excluding hydrogens is 346 g/mol. The van der Waals surface area contributed by atoms with Crippen LogP contribution in [0.2, 0.25) is 4.34 Å². The van der Waals surface area contributed by atoms with Gasteiger partial charge in [-0.05, 0) is 60.6 Å². The third-order valence-corrected chi connectivity index (χ3v) is 6.51. The van der Waals surface area contributed by atoms with E-state index in [1.54, 1.807) is 11.3 Å². The van der Waals surface area contributed by atoms with Crippen LogP contribution in [0.5, 0.6) is 0 Å². The number of nitrogens with one attached hydrogen (secondary N) is 1. The molecule has 2 nitrogen and oxygen atoms in total. The minimum absolute atomic E-state index is 0.0777. The van der Waals surface area contributed by atoms with E-state index >= 15 is 0 Å². The van der Waals surface area contributed by atoms with Gasteiger partial charge in [-0.3, -0.25) is 0 Å². The number of ether oxygens (including phenoxy) is 1. The molecular formula is C14H21BrClNOS. The maximum Gasteiger partial charge on any atom is 0.107 e. The summed E-state index contributed by atoms with van der Waals surface area (Å²) in [5.41, 5.74) is 0.0777. The van der Waals surface area contributed by atoms with Gasteiger partial charge in [-0.1, -0.05) is 18.5 Å². The van der Waals surface area contributed by atoms with Gasteiger partial charge in [0.15, 0.2) is 0 Å². The molecule has 1 atom stereocenters. The smallest absolute Gasteiger partial charge is 0.107 e. The Morgan fingerprint density at radius 1 is 1.58 bits per heavy atom. The molecule has 1 aliphatic carbocycles. The molecule has 19 heavy (non-hydrogen) atoms. The molecule has 0 aliphatic heterocycles. The second-order valence-corrected chi connectivity index (χ2v) is 7.76. The Kier molecular flexibility index (Phi) is 5.73. The Balaban J connectivity index is 2.11. The van der Waals surface area contributed by atoms with Crippen molar-refractivity contribution < 1.29 is 4.74 Å². The Morgan fingerprint density at radius 3 is 2.74 bits per heavy atom. The van der Waals surface area contributed by atoms with Crippen LogP contribution >= 0.6 is 38.9 Å². The van der Waals surface area contributed by atoms with Crippen LogP contribution in [0.15, 0.2) is 10.5 Å². The van der Waals surface area contributed by atoms with Crippen molar-refractivity contribution in [2.75, 3.05) is 13.7 Å². The molecule has 108 valence electrons. The zero-order chi connectivity index (χ0) is 13.9. The van der Waals surface area contributed by atoms with Gasteiger partial charge < -0.3 is 10.1 Å². The number of hydrogen-bond donors (Lipinski definition) is 1. The van der Waals surface area contributed by atoms with Gasteiger partial charge in [-0.25, -0.2) is 0 Å². The van der Waals surface area contributed by atoms with Crippen LogP contribution < -0.4 is 5.32 Å². The van der Waals surface area contributed by atoms with E-state index in [9.17, 15) is 0 Å². The average molecular weight is 367 g/mol. The van der Waals surface area contributed by atoms with Crippen molar-refractivity contribution >= 4 is 38.9 Å². The zero-order valence-corrected chi connectivity index (χ0v) is 14.6. The molecule has 2 rings (SSSR count). The molecule has 0 amide bonds. The van der Waals surface area contributed by atoms with Crippen LogP contribution in [-0.2, 0) is 4.74 Å². The lowest BCUT2D eigenvalue weighted by atomic mass is 9.75. The number of hydrogen-bond acceptors (Lipinski definition) is 3. The predicted octanol–water partition coefficient (Wildman–Crippen LogP) is 5.16. The Bertz CT molecular complexity index is 395. The van der Waals surface area contributed by atoms with E-state index in [1.807, 2.05) is 7.11 Å². The topological polar surface area (TPSA) is 21.3 Å². The van der Waals surface area contributed by atoms with Crippen molar-refractivity contribution in [1.82, 2.24) is 5.32 Å².